The molecule has 5 heteroatoms. The molecule has 0 spiro atoms. The molecule has 0 bridgehead atoms. The van der Waals surface area contributed by atoms with E-state index in [-0.39, 0.29) is 18.5 Å². The van der Waals surface area contributed by atoms with E-state index in [1.165, 1.54) is 17.7 Å². The number of rotatable bonds is 8. The van der Waals surface area contributed by atoms with Gasteiger partial charge in [-0.25, -0.2) is 8.78 Å². The van der Waals surface area contributed by atoms with E-state index in [4.69, 9.17) is 5.73 Å². The van der Waals surface area contributed by atoms with Gasteiger partial charge in [-0.1, -0.05) is 43.3 Å². The number of aryl methyl sites for hydroxylation is 1. The molecule has 3 nitrogen and oxygen atoms in total. The topological polar surface area (TPSA) is 58.3 Å². The molecular formula is C19H24F2N2O. The molecule has 0 saturated carbocycles. The van der Waals surface area contributed by atoms with Crippen molar-refractivity contribution in [2.75, 3.05) is 6.54 Å². The van der Waals surface area contributed by atoms with Gasteiger partial charge in [0.25, 0.3) is 0 Å². The summed E-state index contributed by atoms with van der Waals surface area (Å²) in [5.74, 6) is -1.80. The van der Waals surface area contributed by atoms with Crippen LogP contribution < -0.4 is 11.1 Å². The molecule has 0 unspecified atom stereocenters. The second-order valence-corrected chi connectivity index (χ2v) is 5.95. The minimum absolute atomic E-state index is 0.0811. The van der Waals surface area contributed by atoms with E-state index in [0.29, 0.717) is 6.54 Å². The van der Waals surface area contributed by atoms with Gasteiger partial charge in [0.1, 0.15) is 0 Å². The first-order valence-corrected chi connectivity index (χ1v) is 8.16. The van der Waals surface area contributed by atoms with Crippen LogP contribution in [0.15, 0.2) is 42.5 Å². The zero-order chi connectivity index (χ0) is 17.5. The molecule has 0 aliphatic rings. The molecule has 0 aromatic heterocycles. The van der Waals surface area contributed by atoms with Crippen LogP contribution in [0.1, 0.15) is 23.6 Å². The van der Waals surface area contributed by atoms with Crippen LogP contribution in [0.5, 0.6) is 0 Å². The van der Waals surface area contributed by atoms with Gasteiger partial charge < -0.3 is 16.2 Å². The van der Waals surface area contributed by atoms with Crippen molar-refractivity contribution in [3.05, 3.63) is 70.8 Å². The van der Waals surface area contributed by atoms with Crippen LogP contribution in [0.4, 0.5) is 8.78 Å². The second kappa shape index (κ2) is 8.87. The molecule has 0 saturated heterocycles. The third-order valence-corrected chi connectivity index (χ3v) is 4.06. The molecule has 0 fully saturated rings. The van der Waals surface area contributed by atoms with Gasteiger partial charge in [0, 0.05) is 19.1 Å². The standard InChI is InChI=1S/C19H24F2N2O/c1-2-13-5-3-6-14(9-13)11-23-12-18(24)17(22)10-15-7-4-8-16(20)19(15)21/h3-9,17-18,23-24H,2,10-12,22H2,1H3/t17-,18+/m0/s1. The predicted octanol–water partition coefficient (Wildman–Crippen LogP) is 2.55. The monoisotopic (exact) mass is 334 g/mol. The zero-order valence-electron chi connectivity index (χ0n) is 13.8. The van der Waals surface area contributed by atoms with E-state index in [9.17, 15) is 13.9 Å². The first-order chi connectivity index (χ1) is 11.5. The number of nitrogens with one attached hydrogen (secondary N) is 1. The second-order valence-electron chi connectivity index (χ2n) is 5.95. The quantitative estimate of drug-likeness (QED) is 0.695. The van der Waals surface area contributed by atoms with Gasteiger partial charge in [-0.05, 0) is 35.6 Å². The molecule has 0 heterocycles. The van der Waals surface area contributed by atoms with E-state index >= 15 is 0 Å². The number of nitrogens with two attached hydrogens (primary N) is 1. The summed E-state index contributed by atoms with van der Waals surface area (Å²) in [6, 6.07) is 11.5. The molecule has 0 aliphatic heterocycles. The maximum Gasteiger partial charge on any atom is 0.162 e. The smallest absolute Gasteiger partial charge is 0.162 e. The van der Waals surface area contributed by atoms with Crippen LogP contribution in [0.2, 0.25) is 0 Å². The Morgan fingerprint density at radius 3 is 2.58 bits per heavy atom. The average Bonchev–Trinajstić information content (AvgIpc) is 2.59. The highest BCUT2D eigenvalue weighted by Gasteiger charge is 2.18. The first-order valence-electron chi connectivity index (χ1n) is 8.16. The number of halogens is 2. The van der Waals surface area contributed by atoms with Crippen LogP contribution in [0.25, 0.3) is 0 Å². The Kier molecular flexibility index (Phi) is 6.85. The Hall–Kier alpha value is -1.82. The number of benzene rings is 2. The van der Waals surface area contributed by atoms with Crippen LogP contribution in [-0.2, 0) is 19.4 Å². The summed E-state index contributed by atoms with van der Waals surface area (Å²) in [5, 5.41) is 13.3. The lowest BCUT2D eigenvalue weighted by molar-refractivity contribution is 0.141. The fourth-order valence-electron chi connectivity index (χ4n) is 2.57. The van der Waals surface area contributed by atoms with Crippen LogP contribution in [0.3, 0.4) is 0 Å². The predicted molar refractivity (Wildman–Crippen MR) is 91.6 cm³/mol. The SMILES string of the molecule is CCc1cccc(CNC[C@@H](O)[C@@H](N)Cc2cccc(F)c2F)c1. The Balaban J connectivity index is 1.83. The highest BCUT2D eigenvalue weighted by molar-refractivity contribution is 5.23. The van der Waals surface area contributed by atoms with E-state index in [0.717, 1.165) is 18.1 Å². The largest absolute Gasteiger partial charge is 0.390 e. The molecule has 130 valence electrons. The van der Waals surface area contributed by atoms with Gasteiger partial charge in [-0.2, -0.15) is 0 Å². The molecule has 2 aromatic rings. The number of aliphatic hydroxyl groups excluding tert-OH is 1. The molecule has 0 radical (unpaired) electrons. The molecule has 24 heavy (non-hydrogen) atoms. The maximum atomic E-state index is 13.6. The fourth-order valence-corrected chi connectivity index (χ4v) is 2.57. The summed E-state index contributed by atoms with van der Waals surface area (Å²) in [5.41, 5.74) is 8.48. The van der Waals surface area contributed by atoms with Crippen molar-refractivity contribution in [2.45, 2.75) is 38.5 Å². The molecular weight excluding hydrogens is 310 g/mol. The van der Waals surface area contributed by atoms with Crippen molar-refractivity contribution < 1.29 is 13.9 Å². The highest BCUT2D eigenvalue weighted by atomic mass is 19.2. The summed E-state index contributed by atoms with van der Waals surface area (Å²) < 4.78 is 26.8. The molecule has 0 amide bonds. The zero-order valence-corrected chi connectivity index (χ0v) is 13.8. The summed E-state index contributed by atoms with van der Waals surface area (Å²) in [7, 11) is 0. The van der Waals surface area contributed by atoms with Crippen molar-refractivity contribution in [1.82, 2.24) is 5.32 Å². The average molecular weight is 334 g/mol. The lowest BCUT2D eigenvalue weighted by Crippen LogP contribution is -2.43. The van der Waals surface area contributed by atoms with Crippen molar-refractivity contribution in [3.8, 4) is 0 Å². The van der Waals surface area contributed by atoms with Gasteiger partial charge in [-0.3, -0.25) is 0 Å². The number of hydrogen-bond acceptors (Lipinski definition) is 3. The minimum Gasteiger partial charge on any atom is -0.390 e. The number of aliphatic hydroxyl groups is 1. The lowest BCUT2D eigenvalue weighted by Gasteiger charge is -2.20. The molecule has 2 rings (SSSR count). The summed E-state index contributed by atoms with van der Waals surface area (Å²) in [6.07, 6.45) is 0.209. The maximum absolute atomic E-state index is 13.6. The molecule has 4 N–H and O–H groups in total. The Morgan fingerprint density at radius 2 is 1.83 bits per heavy atom. The lowest BCUT2D eigenvalue weighted by atomic mass is 10.0. The van der Waals surface area contributed by atoms with Crippen molar-refractivity contribution in [1.29, 1.82) is 0 Å². The van der Waals surface area contributed by atoms with Crippen molar-refractivity contribution in [2.24, 2.45) is 5.73 Å². The highest BCUT2D eigenvalue weighted by Crippen LogP contribution is 2.14. The van der Waals surface area contributed by atoms with Crippen LogP contribution in [0, 0.1) is 11.6 Å². The fraction of sp³-hybridized carbons (Fsp3) is 0.368. The Morgan fingerprint density at radius 1 is 1.12 bits per heavy atom. The van der Waals surface area contributed by atoms with Gasteiger partial charge in [-0.15, -0.1) is 0 Å². The van der Waals surface area contributed by atoms with Gasteiger partial charge in [0.2, 0.25) is 0 Å². The van der Waals surface area contributed by atoms with Gasteiger partial charge in [0.15, 0.2) is 11.6 Å². The van der Waals surface area contributed by atoms with Crippen LogP contribution >= 0.6 is 0 Å². The van der Waals surface area contributed by atoms with E-state index in [2.05, 4.69) is 24.4 Å². The van der Waals surface area contributed by atoms with E-state index < -0.39 is 23.8 Å². The van der Waals surface area contributed by atoms with Crippen molar-refractivity contribution in [3.63, 3.8) is 0 Å². The normalized spacial score (nSPS) is 13.7. The molecule has 2 atom stereocenters. The molecule has 0 aliphatic carbocycles. The number of hydrogen-bond donors (Lipinski definition) is 3. The van der Waals surface area contributed by atoms with Gasteiger partial charge in [0.05, 0.1) is 6.10 Å². The summed E-state index contributed by atoms with van der Waals surface area (Å²) in [4.78, 5) is 0. The van der Waals surface area contributed by atoms with Gasteiger partial charge >= 0.3 is 0 Å². The van der Waals surface area contributed by atoms with Crippen molar-refractivity contribution >= 4 is 0 Å². The van der Waals surface area contributed by atoms with E-state index in [1.54, 1.807) is 0 Å². The summed E-state index contributed by atoms with van der Waals surface area (Å²) >= 11 is 0. The molecule has 2 aromatic carbocycles. The third kappa shape index (κ3) is 5.09. The van der Waals surface area contributed by atoms with Crippen LogP contribution in [-0.4, -0.2) is 23.8 Å². The summed E-state index contributed by atoms with van der Waals surface area (Å²) in [6.45, 7) is 3.00. The Bertz CT molecular complexity index is 664. The Labute approximate surface area is 141 Å². The minimum atomic E-state index is -0.900. The first kappa shape index (κ1) is 18.5. The third-order valence-electron chi connectivity index (χ3n) is 4.06. The van der Waals surface area contributed by atoms with E-state index in [1.807, 2.05) is 12.1 Å².